The number of rotatable bonds is 3. The van der Waals surface area contributed by atoms with Crippen LogP contribution in [0, 0.1) is 0 Å². The molecule has 3 rings (SSSR count). The summed E-state index contributed by atoms with van der Waals surface area (Å²) >= 11 is 0. The predicted molar refractivity (Wildman–Crippen MR) is 80.9 cm³/mol. The molecule has 0 atom stereocenters. The van der Waals surface area contributed by atoms with Crippen LogP contribution in [-0.2, 0) is 0 Å². The third-order valence-corrected chi connectivity index (χ3v) is 3.26. The Morgan fingerprint density at radius 1 is 0.952 bits per heavy atom. The lowest BCUT2D eigenvalue weighted by Gasteiger charge is -2.05. The van der Waals surface area contributed by atoms with Gasteiger partial charge in [-0.1, -0.05) is 0 Å². The van der Waals surface area contributed by atoms with E-state index in [9.17, 15) is 4.79 Å². The molecular formula is C16H14N2O3. The van der Waals surface area contributed by atoms with Gasteiger partial charge in [0.1, 0.15) is 17.2 Å². The van der Waals surface area contributed by atoms with Crippen LogP contribution < -0.4 is 15.0 Å². The standard InChI is InChI=1S/C16H14N2O3/c1-20-11-5-3-10(4-6-11)15-16(19)18-13-8-7-12(21-2)9-14(13)17-15/h3-9H,1-2H3,(H,18,19). The Hall–Kier alpha value is -2.82. The van der Waals surface area contributed by atoms with Gasteiger partial charge in [-0.2, -0.15) is 0 Å². The topological polar surface area (TPSA) is 64.2 Å². The van der Waals surface area contributed by atoms with Crippen LogP contribution in [0.4, 0.5) is 0 Å². The second-order valence-electron chi connectivity index (χ2n) is 4.53. The van der Waals surface area contributed by atoms with Gasteiger partial charge in [-0.25, -0.2) is 4.98 Å². The van der Waals surface area contributed by atoms with Gasteiger partial charge in [-0.05, 0) is 36.4 Å². The monoisotopic (exact) mass is 282 g/mol. The quantitative estimate of drug-likeness (QED) is 0.802. The van der Waals surface area contributed by atoms with Crippen LogP contribution in [0.2, 0.25) is 0 Å². The van der Waals surface area contributed by atoms with Crippen LogP contribution in [-0.4, -0.2) is 24.2 Å². The molecule has 0 fully saturated rings. The Labute approximate surface area is 121 Å². The minimum Gasteiger partial charge on any atom is -0.497 e. The van der Waals surface area contributed by atoms with Crippen molar-refractivity contribution in [2.45, 2.75) is 0 Å². The zero-order chi connectivity index (χ0) is 14.8. The van der Waals surface area contributed by atoms with Crippen molar-refractivity contribution in [3.63, 3.8) is 0 Å². The summed E-state index contributed by atoms with van der Waals surface area (Å²) in [6.07, 6.45) is 0. The van der Waals surface area contributed by atoms with Crippen LogP contribution in [0.1, 0.15) is 0 Å². The summed E-state index contributed by atoms with van der Waals surface area (Å²) < 4.78 is 10.3. The highest BCUT2D eigenvalue weighted by atomic mass is 16.5. The number of hydrogen-bond donors (Lipinski definition) is 1. The van der Waals surface area contributed by atoms with Crippen molar-refractivity contribution >= 4 is 11.0 Å². The van der Waals surface area contributed by atoms with E-state index in [4.69, 9.17) is 9.47 Å². The molecule has 0 radical (unpaired) electrons. The minimum atomic E-state index is -0.224. The van der Waals surface area contributed by atoms with E-state index in [1.165, 1.54) is 0 Å². The van der Waals surface area contributed by atoms with E-state index in [1.807, 2.05) is 12.1 Å². The molecule has 5 heteroatoms. The van der Waals surface area contributed by atoms with E-state index in [-0.39, 0.29) is 5.56 Å². The highest BCUT2D eigenvalue weighted by Gasteiger charge is 2.08. The molecule has 1 heterocycles. The number of fused-ring (bicyclic) bond motifs is 1. The summed E-state index contributed by atoms with van der Waals surface area (Å²) in [5, 5.41) is 0. The molecule has 0 aliphatic heterocycles. The summed E-state index contributed by atoms with van der Waals surface area (Å²) in [5.74, 6) is 1.43. The van der Waals surface area contributed by atoms with Crippen LogP contribution in [0.3, 0.4) is 0 Å². The second-order valence-corrected chi connectivity index (χ2v) is 4.53. The first-order valence-electron chi connectivity index (χ1n) is 6.44. The van der Waals surface area contributed by atoms with Gasteiger partial charge >= 0.3 is 0 Å². The number of aromatic nitrogens is 2. The van der Waals surface area contributed by atoms with Crippen LogP contribution in [0.25, 0.3) is 22.3 Å². The highest BCUT2D eigenvalue weighted by molar-refractivity contribution is 5.78. The molecular weight excluding hydrogens is 268 g/mol. The number of methoxy groups -OCH3 is 2. The number of ether oxygens (including phenoxy) is 2. The molecule has 0 amide bonds. The molecule has 0 aliphatic carbocycles. The second kappa shape index (κ2) is 5.28. The molecule has 106 valence electrons. The fraction of sp³-hybridized carbons (Fsp3) is 0.125. The summed E-state index contributed by atoms with van der Waals surface area (Å²) in [6, 6.07) is 12.6. The Kier molecular flexibility index (Phi) is 3.31. The van der Waals surface area contributed by atoms with Crippen molar-refractivity contribution in [2.75, 3.05) is 14.2 Å². The van der Waals surface area contributed by atoms with E-state index in [1.54, 1.807) is 44.6 Å². The average Bonchev–Trinajstić information content (AvgIpc) is 2.54. The summed E-state index contributed by atoms with van der Waals surface area (Å²) in [5.41, 5.74) is 2.25. The molecule has 3 aromatic rings. The largest absolute Gasteiger partial charge is 0.497 e. The molecule has 0 unspecified atom stereocenters. The van der Waals surface area contributed by atoms with E-state index in [0.29, 0.717) is 22.5 Å². The van der Waals surface area contributed by atoms with Gasteiger partial charge in [-0.3, -0.25) is 4.79 Å². The van der Waals surface area contributed by atoms with Gasteiger partial charge in [0.05, 0.1) is 25.3 Å². The van der Waals surface area contributed by atoms with Gasteiger partial charge < -0.3 is 14.5 Å². The maximum atomic E-state index is 12.2. The summed E-state index contributed by atoms with van der Waals surface area (Å²) in [7, 11) is 3.19. The zero-order valence-corrected chi connectivity index (χ0v) is 11.7. The maximum absolute atomic E-state index is 12.2. The van der Waals surface area contributed by atoms with Crippen LogP contribution in [0.15, 0.2) is 47.3 Å². The highest BCUT2D eigenvalue weighted by Crippen LogP contribution is 2.21. The van der Waals surface area contributed by atoms with Crippen molar-refractivity contribution in [2.24, 2.45) is 0 Å². The van der Waals surface area contributed by atoms with Crippen molar-refractivity contribution in [1.29, 1.82) is 0 Å². The third-order valence-electron chi connectivity index (χ3n) is 3.26. The van der Waals surface area contributed by atoms with Gasteiger partial charge in [0.25, 0.3) is 5.56 Å². The van der Waals surface area contributed by atoms with Crippen molar-refractivity contribution in [3.8, 4) is 22.8 Å². The number of nitrogens with one attached hydrogen (secondary N) is 1. The fourth-order valence-corrected chi connectivity index (χ4v) is 2.13. The summed E-state index contributed by atoms with van der Waals surface area (Å²) in [6.45, 7) is 0. The third kappa shape index (κ3) is 2.45. The van der Waals surface area contributed by atoms with E-state index in [2.05, 4.69) is 9.97 Å². The Morgan fingerprint density at radius 2 is 1.62 bits per heavy atom. The molecule has 0 saturated carbocycles. The minimum absolute atomic E-state index is 0.224. The fourth-order valence-electron chi connectivity index (χ4n) is 2.13. The van der Waals surface area contributed by atoms with Gasteiger partial charge in [0.2, 0.25) is 0 Å². The number of H-pyrrole nitrogens is 1. The molecule has 1 N–H and O–H groups in total. The van der Waals surface area contributed by atoms with Gasteiger partial charge in [-0.15, -0.1) is 0 Å². The predicted octanol–water partition coefficient (Wildman–Crippen LogP) is 2.61. The number of nitrogens with zero attached hydrogens (tertiary/aromatic N) is 1. The Balaban J connectivity index is 2.16. The van der Waals surface area contributed by atoms with Crippen molar-refractivity contribution < 1.29 is 9.47 Å². The van der Waals surface area contributed by atoms with Gasteiger partial charge in [0, 0.05) is 11.6 Å². The average molecular weight is 282 g/mol. The maximum Gasteiger partial charge on any atom is 0.274 e. The molecule has 2 aromatic carbocycles. The number of hydrogen-bond acceptors (Lipinski definition) is 4. The first-order valence-corrected chi connectivity index (χ1v) is 6.44. The van der Waals surface area contributed by atoms with E-state index >= 15 is 0 Å². The van der Waals surface area contributed by atoms with Gasteiger partial charge in [0.15, 0.2) is 0 Å². The Bertz CT molecular complexity index is 838. The Morgan fingerprint density at radius 3 is 2.29 bits per heavy atom. The van der Waals surface area contributed by atoms with Crippen LogP contribution in [0.5, 0.6) is 11.5 Å². The lowest BCUT2D eigenvalue weighted by Crippen LogP contribution is -2.11. The normalized spacial score (nSPS) is 10.6. The summed E-state index contributed by atoms with van der Waals surface area (Å²) in [4.78, 5) is 19.4. The molecule has 1 aromatic heterocycles. The molecule has 5 nitrogen and oxygen atoms in total. The SMILES string of the molecule is COc1ccc(-c2nc3cc(OC)ccc3[nH]c2=O)cc1. The van der Waals surface area contributed by atoms with E-state index < -0.39 is 0 Å². The van der Waals surface area contributed by atoms with Crippen molar-refractivity contribution in [3.05, 3.63) is 52.8 Å². The molecule has 0 bridgehead atoms. The van der Waals surface area contributed by atoms with Crippen LogP contribution >= 0.6 is 0 Å². The molecule has 0 aliphatic rings. The zero-order valence-electron chi connectivity index (χ0n) is 11.7. The molecule has 21 heavy (non-hydrogen) atoms. The first kappa shape index (κ1) is 13.2. The number of aromatic amines is 1. The van der Waals surface area contributed by atoms with E-state index in [0.717, 1.165) is 11.3 Å². The van der Waals surface area contributed by atoms with Crippen molar-refractivity contribution in [1.82, 2.24) is 9.97 Å². The molecule has 0 spiro atoms. The lowest BCUT2D eigenvalue weighted by atomic mass is 10.1. The molecule has 0 saturated heterocycles. The number of benzene rings is 2. The smallest absolute Gasteiger partial charge is 0.274 e. The first-order chi connectivity index (χ1) is 10.2. The lowest BCUT2D eigenvalue weighted by molar-refractivity contribution is 0.415.